The lowest BCUT2D eigenvalue weighted by molar-refractivity contribution is -0.139. The van der Waals surface area contributed by atoms with E-state index in [1.807, 2.05) is 6.92 Å². The maximum absolute atomic E-state index is 12.5. The molecule has 0 radical (unpaired) electrons. The highest BCUT2D eigenvalue weighted by Crippen LogP contribution is 2.21. The van der Waals surface area contributed by atoms with Crippen molar-refractivity contribution in [3.05, 3.63) is 59.5 Å². The molecule has 0 saturated heterocycles. The van der Waals surface area contributed by atoms with Gasteiger partial charge in [-0.3, -0.25) is 4.79 Å². The number of aryl methyl sites for hydroxylation is 2. The van der Waals surface area contributed by atoms with E-state index in [0.29, 0.717) is 17.9 Å². The first kappa shape index (κ1) is 19.2. The third kappa shape index (κ3) is 4.72. The standard InChI is InChI=1S/C19H22N2O5/c1-4-5-9-16(19(23)24)20-18(22)14-8-6-7-10-17(14)25-11-15-12(2)21-26-13(15)3/h4,6-8,10,16H,1,5,9,11H2,2-3H3,(H,20,22)(H,23,24). The van der Waals surface area contributed by atoms with Crippen LogP contribution in [-0.2, 0) is 11.4 Å². The second-order valence-electron chi connectivity index (χ2n) is 5.82. The molecule has 2 rings (SSSR count). The topological polar surface area (TPSA) is 102 Å². The van der Waals surface area contributed by atoms with E-state index in [-0.39, 0.29) is 18.6 Å². The van der Waals surface area contributed by atoms with Crippen molar-refractivity contribution in [2.75, 3.05) is 0 Å². The van der Waals surface area contributed by atoms with Gasteiger partial charge in [-0.15, -0.1) is 6.58 Å². The molecule has 1 aromatic heterocycles. The van der Waals surface area contributed by atoms with Crippen LogP contribution in [0.4, 0.5) is 0 Å². The quantitative estimate of drug-likeness (QED) is 0.668. The Kier molecular flexibility index (Phi) is 6.54. The fourth-order valence-electron chi connectivity index (χ4n) is 2.42. The van der Waals surface area contributed by atoms with Crippen molar-refractivity contribution >= 4 is 11.9 Å². The molecule has 1 atom stereocenters. The molecule has 26 heavy (non-hydrogen) atoms. The molecule has 1 heterocycles. The third-order valence-electron chi connectivity index (χ3n) is 3.95. The summed E-state index contributed by atoms with van der Waals surface area (Å²) in [5.74, 6) is -0.581. The van der Waals surface area contributed by atoms with Crippen LogP contribution in [0.1, 0.15) is 40.2 Å². The van der Waals surface area contributed by atoms with Crippen molar-refractivity contribution in [2.24, 2.45) is 0 Å². The number of para-hydroxylation sites is 1. The summed E-state index contributed by atoms with van der Waals surface area (Å²) in [6, 6.07) is 5.69. The summed E-state index contributed by atoms with van der Waals surface area (Å²) in [4.78, 5) is 23.8. The Balaban J connectivity index is 2.13. The van der Waals surface area contributed by atoms with Crippen LogP contribution in [0, 0.1) is 13.8 Å². The second-order valence-corrected chi connectivity index (χ2v) is 5.82. The van der Waals surface area contributed by atoms with Gasteiger partial charge < -0.3 is 19.7 Å². The van der Waals surface area contributed by atoms with Gasteiger partial charge in [0.2, 0.25) is 0 Å². The van der Waals surface area contributed by atoms with E-state index < -0.39 is 17.9 Å². The number of carbonyl (C=O) groups is 2. The van der Waals surface area contributed by atoms with Gasteiger partial charge >= 0.3 is 5.97 Å². The number of nitrogens with zero attached hydrogens (tertiary/aromatic N) is 1. The van der Waals surface area contributed by atoms with Crippen LogP contribution >= 0.6 is 0 Å². The molecule has 0 aliphatic heterocycles. The van der Waals surface area contributed by atoms with E-state index in [9.17, 15) is 14.7 Å². The van der Waals surface area contributed by atoms with Gasteiger partial charge in [0, 0.05) is 0 Å². The van der Waals surface area contributed by atoms with E-state index in [0.717, 1.165) is 11.3 Å². The molecule has 2 N–H and O–H groups in total. The number of benzene rings is 1. The Morgan fingerprint density at radius 1 is 1.38 bits per heavy atom. The number of aliphatic carboxylic acids is 1. The Labute approximate surface area is 151 Å². The lowest BCUT2D eigenvalue weighted by Gasteiger charge is -2.16. The summed E-state index contributed by atoms with van der Waals surface area (Å²) in [6.07, 6.45) is 2.37. The van der Waals surface area contributed by atoms with Gasteiger partial charge in [0.15, 0.2) is 0 Å². The predicted molar refractivity (Wildman–Crippen MR) is 95.1 cm³/mol. The van der Waals surface area contributed by atoms with Crippen LogP contribution in [0.2, 0.25) is 0 Å². The monoisotopic (exact) mass is 358 g/mol. The Morgan fingerprint density at radius 3 is 2.73 bits per heavy atom. The first-order valence-electron chi connectivity index (χ1n) is 8.22. The SMILES string of the molecule is C=CCCC(NC(=O)c1ccccc1OCc1c(C)noc1C)C(=O)O. The maximum atomic E-state index is 12.5. The third-order valence-corrected chi connectivity index (χ3v) is 3.95. The van der Waals surface area contributed by atoms with Gasteiger partial charge in [-0.2, -0.15) is 0 Å². The number of carboxylic acid groups (broad SMARTS) is 1. The summed E-state index contributed by atoms with van der Waals surface area (Å²) >= 11 is 0. The van der Waals surface area contributed by atoms with Crippen LogP contribution in [-0.4, -0.2) is 28.2 Å². The molecule has 0 bridgehead atoms. The van der Waals surface area contributed by atoms with Gasteiger partial charge in [0.25, 0.3) is 5.91 Å². The maximum Gasteiger partial charge on any atom is 0.326 e. The van der Waals surface area contributed by atoms with Crippen molar-refractivity contribution < 1.29 is 24.0 Å². The van der Waals surface area contributed by atoms with E-state index in [2.05, 4.69) is 17.1 Å². The normalized spacial score (nSPS) is 11.6. The first-order valence-corrected chi connectivity index (χ1v) is 8.22. The van der Waals surface area contributed by atoms with Crippen LogP contribution in [0.25, 0.3) is 0 Å². The molecule has 0 spiro atoms. The van der Waals surface area contributed by atoms with Gasteiger partial charge in [0.1, 0.15) is 24.2 Å². The highest BCUT2D eigenvalue weighted by atomic mass is 16.5. The van der Waals surface area contributed by atoms with Crippen LogP contribution < -0.4 is 10.1 Å². The summed E-state index contributed by atoms with van der Waals surface area (Å²) < 4.78 is 10.9. The molecular weight excluding hydrogens is 336 g/mol. The average Bonchev–Trinajstić information content (AvgIpc) is 2.94. The molecule has 0 saturated carbocycles. The van der Waals surface area contributed by atoms with Gasteiger partial charge in [-0.05, 0) is 38.8 Å². The Hall–Kier alpha value is -3.09. The van der Waals surface area contributed by atoms with Gasteiger partial charge in [-0.1, -0.05) is 23.4 Å². The number of carboxylic acids is 1. The summed E-state index contributed by atoms with van der Waals surface area (Å²) in [7, 11) is 0. The van der Waals surface area contributed by atoms with Gasteiger partial charge in [-0.25, -0.2) is 4.79 Å². The number of rotatable bonds is 9. The van der Waals surface area contributed by atoms with Crippen molar-refractivity contribution in [2.45, 2.75) is 39.3 Å². The number of allylic oxidation sites excluding steroid dienone is 1. The lowest BCUT2D eigenvalue weighted by Crippen LogP contribution is -2.40. The molecule has 2 aromatic rings. The van der Waals surface area contributed by atoms with Crippen molar-refractivity contribution in [3.8, 4) is 5.75 Å². The van der Waals surface area contributed by atoms with Crippen molar-refractivity contribution in [3.63, 3.8) is 0 Å². The van der Waals surface area contributed by atoms with E-state index in [4.69, 9.17) is 9.26 Å². The molecule has 1 aromatic carbocycles. The van der Waals surface area contributed by atoms with E-state index in [1.165, 1.54) is 0 Å². The van der Waals surface area contributed by atoms with Crippen LogP contribution in [0.5, 0.6) is 5.75 Å². The molecule has 7 nitrogen and oxygen atoms in total. The first-order chi connectivity index (χ1) is 12.4. The number of carbonyl (C=O) groups excluding carboxylic acids is 1. The minimum Gasteiger partial charge on any atom is -0.488 e. The average molecular weight is 358 g/mol. The number of hydrogen-bond acceptors (Lipinski definition) is 5. The molecule has 0 fully saturated rings. The second kappa shape index (κ2) is 8.84. The Morgan fingerprint density at radius 2 is 2.12 bits per heavy atom. The summed E-state index contributed by atoms with van der Waals surface area (Å²) in [6.45, 7) is 7.36. The van der Waals surface area contributed by atoms with Crippen molar-refractivity contribution in [1.29, 1.82) is 0 Å². The predicted octanol–water partition coefficient (Wildman–Crippen LogP) is 3.02. The highest BCUT2D eigenvalue weighted by molar-refractivity contribution is 5.98. The van der Waals surface area contributed by atoms with Crippen LogP contribution in [0.3, 0.4) is 0 Å². The number of nitrogens with one attached hydrogen (secondary N) is 1. The fourth-order valence-corrected chi connectivity index (χ4v) is 2.42. The fraction of sp³-hybridized carbons (Fsp3) is 0.316. The van der Waals surface area contributed by atoms with Crippen LogP contribution in [0.15, 0.2) is 41.4 Å². The zero-order valence-electron chi connectivity index (χ0n) is 14.8. The zero-order valence-corrected chi connectivity index (χ0v) is 14.8. The van der Waals surface area contributed by atoms with Gasteiger partial charge in [0.05, 0.1) is 16.8 Å². The molecule has 0 aliphatic carbocycles. The molecule has 1 unspecified atom stereocenters. The number of aromatic nitrogens is 1. The number of amides is 1. The summed E-state index contributed by atoms with van der Waals surface area (Å²) in [5, 5.41) is 15.6. The lowest BCUT2D eigenvalue weighted by atomic mass is 10.1. The van der Waals surface area contributed by atoms with Crippen molar-refractivity contribution in [1.82, 2.24) is 10.5 Å². The number of hydrogen-bond donors (Lipinski definition) is 2. The smallest absolute Gasteiger partial charge is 0.326 e. The largest absolute Gasteiger partial charge is 0.488 e. The molecule has 7 heteroatoms. The molecular formula is C19H22N2O5. The molecule has 138 valence electrons. The van der Waals surface area contributed by atoms with E-state index >= 15 is 0 Å². The summed E-state index contributed by atoms with van der Waals surface area (Å²) in [5.41, 5.74) is 1.80. The zero-order chi connectivity index (χ0) is 19.1. The highest BCUT2D eigenvalue weighted by Gasteiger charge is 2.22. The minimum atomic E-state index is -1.09. The molecule has 1 amide bonds. The minimum absolute atomic E-state index is 0.199. The van der Waals surface area contributed by atoms with E-state index in [1.54, 1.807) is 37.3 Å². The molecule has 0 aliphatic rings. The Bertz CT molecular complexity index is 777. The number of ether oxygens (including phenoxy) is 1.